The number of hydrogen-bond acceptors (Lipinski definition) is 3. The molecule has 0 aromatic heterocycles. The highest BCUT2D eigenvalue weighted by Crippen LogP contribution is 2.54. The molecule has 1 aliphatic carbocycles. The molecule has 1 amide bonds. The predicted molar refractivity (Wildman–Crippen MR) is 75.3 cm³/mol. The number of hydrogen-bond donors (Lipinski definition) is 1. The summed E-state index contributed by atoms with van der Waals surface area (Å²) in [6, 6.07) is 6.29. The second-order valence-corrected chi connectivity index (χ2v) is 8.17. The van der Waals surface area contributed by atoms with Crippen LogP contribution in [0.5, 0.6) is 0 Å². The van der Waals surface area contributed by atoms with Crippen LogP contribution in [0.15, 0.2) is 29.2 Å². The number of anilines is 1. The molecule has 1 saturated carbocycles. The molecule has 0 saturated heterocycles. The molecule has 19 heavy (non-hydrogen) atoms. The molecule has 1 atom stereocenters. The Balaban J connectivity index is 2.27. The number of halogens is 2. The molecule has 104 valence electrons. The second kappa shape index (κ2) is 4.96. The van der Waals surface area contributed by atoms with Crippen LogP contribution >= 0.6 is 23.2 Å². The van der Waals surface area contributed by atoms with Crippen molar-refractivity contribution in [3.8, 4) is 0 Å². The van der Waals surface area contributed by atoms with Crippen molar-refractivity contribution in [2.45, 2.75) is 22.6 Å². The van der Waals surface area contributed by atoms with Crippen LogP contribution in [0, 0.1) is 5.92 Å². The van der Waals surface area contributed by atoms with Gasteiger partial charge in [0, 0.05) is 12.8 Å². The number of sulfone groups is 1. The standard InChI is InChI=1S/C12H13Cl2NO3S/c1-8(16)15-10-4-2-3-5-11(10)19(17,18)7-9-6-12(9,13)14/h2-5,9H,6-7H2,1H3,(H,15,16)/t9-/m0/s1. The van der Waals surface area contributed by atoms with Crippen LogP contribution in [-0.2, 0) is 14.6 Å². The van der Waals surface area contributed by atoms with Gasteiger partial charge in [-0.1, -0.05) is 12.1 Å². The van der Waals surface area contributed by atoms with E-state index in [0.29, 0.717) is 6.42 Å². The van der Waals surface area contributed by atoms with Crippen molar-refractivity contribution in [2.24, 2.45) is 5.92 Å². The third kappa shape index (κ3) is 3.41. The molecule has 1 aliphatic rings. The summed E-state index contributed by atoms with van der Waals surface area (Å²) < 4.78 is 23.7. The predicted octanol–water partition coefficient (Wildman–Crippen LogP) is 2.61. The highest BCUT2D eigenvalue weighted by molar-refractivity contribution is 7.91. The molecule has 0 bridgehead atoms. The number of para-hydroxylation sites is 1. The molecular formula is C12H13Cl2NO3S. The van der Waals surface area contributed by atoms with Gasteiger partial charge in [-0.2, -0.15) is 0 Å². The molecule has 4 nitrogen and oxygen atoms in total. The number of benzene rings is 1. The average Bonchev–Trinajstić information content (AvgIpc) is 2.84. The molecule has 0 spiro atoms. The number of nitrogens with one attached hydrogen (secondary N) is 1. The Morgan fingerprint density at radius 1 is 1.42 bits per heavy atom. The smallest absolute Gasteiger partial charge is 0.221 e. The fraction of sp³-hybridized carbons (Fsp3) is 0.417. The van der Waals surface area contributed by atoms with Crippen LogP contribution in [-0.4, -0.2) is 24.4 Å². The van der Waals surface area contributed by atoms with Gasteiger partial charge in [0.15, 0.2) is 9.84 Å². The maximum absolute atomic E-state index is 12.3. The van der Waals surface area contributed by atoms with Gasteiger partial charge in [0.2, 0.25) is 5.91 Å². The summed E-state index contributed by atoms with van der Waals surface area (Å²) in [5.41, 5.74) is 0.283. The Hall–Kier alpha value is -0.780. The lowest BCUT2D eigenvalue weighted by atomic mass is 10.3. The first-order valence-corrected chi connectivity index (χ1v) is 8.10. The van der Waals surface area contributed by atoms with Gasteiger partial charge in [0.05, 0.1) is 16.3 Å². The van der Waals surface area contributed by atoms with Gasteiger partial charge < -0.3 is 5.32 Å². The zero-order valence-corrected chi connectivity index (χ0v) is 12.5. The lowest BCUT2D eigenvalue weighted by Gasteiger charge is -2.10. The van der Waals surface area contributed by atoms with E-state index in [-0.39, 0.29) is 28.2 Å². The summed E-state index contributed by atoms with van der Waals surface area (Å²) in [6.07, 6.45) is 0.470. The normalized spacial score (nSPS) is 20.9. The first-order chi connectivity index (χ1) is 8.72. The Morgan fingerprint density at radius 3 is 2.53 bits per heavy atom. The molecule has 1 aromatic rings. The fourth-order valence-corrected chi connectivity index (χ4v) is 4.40. The molecule has 0 unspecified atom stereocenters. The van der Waals surface area contributed by atoms with Crippen molar-refractivity contribution in [3.63, 3.8) is 0 Å². The number of carbonyl (C=O) groups excluding carboxylic acids is 1. The molecule has 1 N–H and O–H groups in total. The zero-order chi connectivity index (χ0) is 14.3. The van der Waals surface area contributed by atoms with E-state index >= 15 is 0 Å². The third-order valence-corrected chi connectivity index (χ3v) is 5.70. The number of alkyl halides is 2. The molecular weight excluding hydrogens is 309 g/mol. The quantitative estimate of drug-likeness (QED) is 0.867. The molecule has 1 aromatic carbocycles. The number of rotatable bonds is 4. The fourth-order valence-electron chi connectivity index (χ4n) is 1.84. The SMILES string of the molecule is CC(=O)Nc1ccccc1S(=O)(=O)C[C@@H]1CC1(Cl)Cl. The minimum atomic E-state index is -3.53. The van der Waals surface area contributed by atoms with Crippen molar-refractivity contribution in [1.29, 1.82) is 0 Å². The lowest BCUT2D eigenvalue weighted by molar-refractivity contribution is -0.114. The Kier molecular flexibility index (Phi) is 3.82. The summed E-state index contributed by atoms with van der Waals surface area (Å²) >= 11 is 11.7. The molecule has 0 heterocycles. The minimum Gasteiger partial charge on any atom is -0.325 e. The first kappa shape index (κ1) is 14.6. The molecule has 0 radical (unpaired) electrons. The highest BCUT2D eigenvalue weighted by Gasteiger charge is 2.53. The summed E-state index contributed by atoms with van der Waals surface area (Å²) in [5, 5.41) is 2.51. The van der Waals surface area contributed by atoms with Gasteiger partial charge in [-0.15, -0.1) is 23.2 Å². The van der Waals surface area contributed by atoms with Gasteiger partial charge in [-0.3, -0.25) is 4.79 Å². The first-order valence-electron chi connectivity index (χ1n) is 5.69. The van der Waals surface area contributed by atoms with Gasteiger partial charge in [0.1, 0.15) is 4.33 Å². The summed E-state index contributed by atoms with van der Waals surface area (Å²) in [7, 11) is -3.53. The third-order valence-electron chi connectivity index (χ3n) is 2.91. The van der Waals surface area contributed by atoms with E-state index < -0.39 is 14.2 Å². The summed E-state index contributed by atoms with van der Waals surface area (Å²) in [5.74, 6) is -0.694. The van der Waals surface area contributed by atoms with E-state index in [1.165, 1.54) is 13.0 Å². The van der Waals surface area contributed by atoms with Crippen LogP contribution in [0.1, 0.15) is 13.3 Å². The summed E-state index contributed by atoms with van der Waals surface area (Å²) in [6.45, 7) is 1.33. The maximum atomic E-state index is 12.3. The van der Waals surface area contributed by atoms with Crippen LogP contribution in [0.3, 0.4) is 0 Å². The van der Waals surface area contributed by atoms with Crippen LogP contribution < -0.4 is 5.32 Å². The topological polar surface area (TPSA) is 63.2 Å². The van der Waals surface area contributed by atoms with E-state index in [1.807, 2.05) is 0 Å². The monoisotopic (exact) mass is 321 g/mol. The van der Waals surface area contributed by atoms with Gasteiger partial charge in [-0.05, 0) is 18.6 Å². The largest absolute Gasteiger partial charge is 0.325 e. The van der Waals surface area contributed by atoms with E-state index in [9.17, 15) is 13.2 Å². The van der Waals surface area contributed by atoms with Crippen LogP contribution in [0.25, 0.3) is 0 Å². The minimum absolute atomic E-state index is 0.0984. The second-order valence-electron chi connectivity index (χ2n) is 4.62. The average molecular weight is 322 g/mol. The van der Waals surface area contributed by atoms with E-state index in [0.717, 1.165) is 0 Å². The highest BCUT2D eigenvalue weighted by atomic mass is 35.5. The Bertz CT molecular complexity index is 613. The molecule has 7 heteroatoms. The maximum Gasteiger partial charge on any atom is 0.221 e. The van der Waals surface area contributed by atoms with E-state index in [2.05, 4.69) is 5.32 Å². The van der Waals surface area contributed by atoms with Crippen molar-refractivity contribution >= 4 is 44.6 Å². The zero-order valence-electron chi connectivity index (χ0n) is 10.2. The molecule has 1 fully saturated rings. The van der Waals surface area contributed by atoms with Gasteiger partial charge >= 0.3 is 0 Å². The van der Waals surface area contributed by atoms with Gasteiger partial charge in [-0.25, -0.2) is 8.42 Å². The van der Waals surface area contributed by atoms with Crippen LogP contribution in [0.2, 0.25) is 0 Å². The van der Waals surface area contributed by atoms with Gasteiger partial charge in [0.25, 0.3) is 0 Å². The summed E-state index contributed by atoms with van der Waals surface area (Å²) in [4.78, 5) is 11.2. The Labute approximate surface area is 122 Å². The van der Waals surface area contributed by atoms with Crippen molar-refractivity contribution in [1.82, 2.24) is 0 Å². The number of carbonyl (C=O) groups is 1. The van der Waals surface area contributed by atoms with Crippen LogP contribution in [0.4, 0.5) is 5.69 Å². The molecule has 0 aliphatic heterocycles. The van der Waals surface area contributed by atoms with Crippen molar-refractivity contribution in [2.75, 3.05) is 11.1 Å². The van der Waals surface area contributed by atoms with E-state index in [1.54, 1.807) is 18.2 Å². The lowest BCUT2D eigenvalue weighted by Crippen LogP contribution is -2.15. The van der Waals surface area contributed by atoms with Crippen molar-refractivity contribution < 1.29 is 13.2 Å². The van der Waals surface area contributed by atoms with Crippen molar-refractivity contribution in [3.05, 3.63) is 24.3 Å². The number of amides is 1. The Morgan fingerprint density at radius 2 is 2.00 bits per heavy atom. The molecule has 2 rings (SSSR count). The van der Waals surface area contributed by atoms with E-state index in [4.69, 9.17) is 23.2 Å².